The Kier molecular flexibility index (Phi) is 5.90. The van der Waals surface area contributed by atoms with Crippen molar-refractivity contribution in [2.45, 2.75) is 19.4 Å². The number of nitrogens with one attached hydrogen (secondary N) is 1. The van der Waals surface area contributed by atoms with Gasteiger partial charge in [-0.2, -0.15) is 0 Å². The summed E-state index contributed by atoms with van der Waals surface area (Å²) in [6, 6.07) is 8.90. The number of aromatic nitrogens is 2. The van der Waals surface area contributed by atoms with Crippen molar-refractivity contribution in [2.24, 2.45) is 0 Å². The molecule has 0 spiro atoms. The summed E-state index contributed by atoms with van der Waals surface area (Å²) < 4.78 is 11.1. The normalized spacial score (nSPS) is 13.3. The van der Waals surface area contributed by atoms with E-state index < -0.39 is 0 Å². The van der Waals surface area contributed by atoms with Crippen molar-refractivity contribution >= 4 is 28.7 Å². The second-order valence-corrected chi connectivity index (χ2v) is 7.40. The third kappa shape index (κ3) is 4.65. The second kappa shape index (κ2) is 8.91. The predicted molar refractivity (Wildman–Crippen MR) is 113 cm³/mol. The first-order chi connectivity index (χ1) is 14.2. The quantitative estimate of drug-likeness (QED) is 0.635. The van der Waals surface area contributed by atoms with Gasteiger partial charge in [0.25, 0.3) is 5.91 Å². The van der Waals surface area contributed by atoms with Crippen LogP contribution in [0.5, 0.6) is 11.5 Å². The first kappa shape index (κ1) is 19.2. The van der Waals surface area contributed by atoms with Gasteiger partial charge in [-0.15, -0.1) is 11.3 Å². The number of hydrogen-bond donors (Lipinski definition) is 1. The van der Waals surface area contributed by atoms with Gasteiger partial charge in [0.1, 0.15) is 12.4 Å². The molecule has 1 aromatic carbocycles. The van der Waals surface area contributed by atoms with E-state index in [0.29, 0.717) is 29.5 Å². The van der Waals surface area contributed by atoms with Crippen molar-refractivity contribution in [1.82, 2.24) is 9.97 Å². The number of carbonyl (C=O) groups excluding carboxylic acids is 1. The van der Waals surface area contributed by atoms with Crippen LogP contribution in [0.3, 0.4) is 0 Å². The molecule has 3 heterocycles. The van der Waals surface area contributed by atoms with Crippen molar-refractivity contribution in [1.29, 1.82) is 0 Å². The maximum Gasteiger partial charge on any atom is 0.256 e. The van der Waals surface area contributed by atoms with Crippen molar-refractivity contribution in [3.8, 4) is 11.5 Å². The minimum Gasteiger partial charge on any atom is -0.493 e. The van der Waals surface area contributed by atoms with E-state index in [1.807, 2.05) is 17.5 Å². The lowest BCUT2D eigenvalue weighted by atomic mass is 10.2. The van der Waals surface area contributed by atoms with Gasteiger partial charge in [-0.25, -0.2) is 9.97 Å². The first-order valence-corrected chi connectivity index (χ1v) is 10.4. The summed E-state index contributed by atoms with van der Waals surface area (Å²) in [7, 11) is 1.55. The largest absolute Gasteiger partial charge is 0.493 e. The summed E-state index contributed by atoms with van der Waals surface area (Å²) in [4.78, 5) is 23.5. The van der Waals surface area contributed by atoms with E-state index in [1.165, 1.54) is 24.2 Å². The van der Waals surface area contributed by atoms with Gasteiger partial charge >= 0.3 is 0 Å². The summed E-state index contributed by atoms with van der Waals surface area (Å²) in [5.41, 5.74) is 4.16. The van der Waals surface area contributed by atoms with Gasteiger partial charge < -0.3 is 19.7 Å². The molecule has 1 N–H and O–H groups in total. The Morgan fingerprint density at radius 2 is 2.03 bits per heavy atom. The molecule has 7 nitrogen and oxygen atoms in total. The first-order valence-electron chi connectivity index (χ1n) is 9.43. The monoisotopic (exact) mass is 410 g/mol. The molecule has 2 aromatic heterocycles. The average molecular weight is 410 g/mol. The number of benzene rings is 1. The van der Waals surface area contributed by atoms with Gasteiger partial charge in [0, 0.05) is 24.0 Å². The lowest BCUT2D eigenvalue weighted by Gasteiger charge is -2.17. The summed E-state index contributed by atoms with van der Waals surface area (Å²) in [5.74, 6) is 1.31. The highest BCUT2D eigenvalue weighted by Gasteiger charge is 2.14. The Morgan fingerprint density at radius 3 is 2.72 bits per heavy atom. The zero-order valence-electron chi connectivity index (χ0n) is 16.1. The van der Waals surface area contributed by atoms with Crippen molar-refractivity contribution in [2.75, 3.05) is 30.4 Å². The van der Waals surface area contributed by atoms with Crippen molar-refractivity contribution in [3.63, 3.8) is 0 Å². The molecule has 29 heavy (non-hydrogen) atoms. The maximum atomic E-state index is 12.6. The van der Waals surface area contributed by atoms with Gasteiger partial charge in [-0.1, -0.05) is 0 Å². The molecule has 1 aliphatic heterocycles. The van der Waals surface area contributed by atoms with E-state index in [0.717, 1.165) is 24.5 Å². The molecule has 0 saturated carbocycles. The number of anilines is 2. The number of carbonyl (C=O) groups is 1. The molecule has 1 aliphatic rings. The van der Waals surface area contributed by atoms with E-state index >= 15 is 0 Å². The zero-order valence-corrected chi connectivity index (χ0v) is 16.9. The Bertz CT molecular complexity index is 955. The number of hydrogen-bond acceptors (Lipinski definition) is 7. The molecule has 1 fully saturated rings. The van der Waals surface area contributed by atoms with Crippen molar-refractivity contribution < 1.29 is 14.3 Å². The van der Waals surface area contributed by atoms with Gasteiger partial charge in [0.05, 0.1) is 30.2 Å². The van der Waals surface area contributed by atoms with Crippen LogP contribution in [-0.4, -0.2) is 36.1 Å². The third-order valence-corrected chi connectivity index (χ3v) is 5.38. The topological polar surface area (TPSA) is 76.6 Å². The number of amides is 1. The number of thiazole rings is 1. The lowest BCUT2D eigenvalue weighted by molar-refractivity contribution is 0.102. The van der Waals surface area contributed by atoms with Crippen LogP contribution in [-0.2, 0) is 6.61 Å². The highest BCUT2D eigenvalue weighted by atomic mass is 32.1. The Balaban J connectivity index is 1.41. The molecule has 4 rings (SSSR count). The predicted octanol–water partition coefficient (Wildman–Crippen LogP) is 3.98. The number of methoxy groups -OCH3 is 1. The van der Waals surface area contributed by atoms with E-state index in [-0.39, 0.29) is 5.91 Å². The lowest BCUT2D eigenvalue weighted by Crippen LogP contribution is -2.18. The van der Waals surface area contributed by atoms with Crippen LogP contribution in [0.15, 0.2) is 47.4 Å². The molecule has 0 atom stereocenters. The van der Waals surface area contributed by atoms with Crippen LogP contribution >= 0.6 is 11.3 Å². The van der Waals surface area contributed by atoms with Crippen LogP contribution < -0.4 is 19.7 Å². The number of rotatable bonds is 7. The van der Waals surface area contributed by atoms with Gasteiger partial charge in [0.2, 0.25) is 0 Å². The van der Waals surface area contributed by atoms with Crippen LogP contribution in [0.25, 0.3) is 0 Å². The molecule has 0 bridgehead atoms. The fourth-order valence-electron chi connectivity index (χ4n) is 3.20. The van der Waals surface area contributed by atoms with Gasteiger partial charge in [0.15, 0.2) is 11.5 Å². The number of ether oxygens (including phenoxy) is 2. The van der Waals surface area contributed by atoms with E-state index in [4.69, 9.17) is 9.47 Å². The second-order valence-electron chi connectivity index (χ2n) is 6.68. The fraction of sp³-hybridized carbons (Fsp3) is 0.286. The average Bonchev–Trinajstić information content (AvgIpc) is 3.47. The molecular formula is C21H22N4O3S. The minimum atomic E-state index is -0.254. The van der Waals surface area contributed by atoms with E-state index in [9.17, 15) is 4.79 Å². The number of nitrogens with zero attached hydrogens (tertiary/aromatic N) is 3. The van der Waals surface area contributed by atoms with Crippen LogP contribution in [0.1, 0.15) is 28.9 Å². The summed E-state index contributed by atoms with van der Waals surface area (Å²) in [5, 5.41) is 4.75. The Hall–Kier alpha value is -3.13. The molecule has 0 aliphatic carbocycles. The van der Waals surface area contributed by atoms with Crippen LogP contribution in [0.4, 0.5) is 11.5 Å². The Labute approximate surface area is 173 Å². The molecule has 0 radical (unpaired) electrons. The molecule has 0 unspecified atom stereocenters. The molecule has 1 saturated heterocycles. The molecule has 8 heteroatoms. The third-order valence-electron chi connectivity index (χ3n) is 4.75. The standard InChI is InChI=1S/C21H22N4O3S/c1-27-19-10-15(4-6-18(19)28-12-16-13-29-14-23-16)21(26)24-20-7-5-17(11-22-20)25-8-2-3-9-25/h4-7,10-11,13-14H,2-3,8-9,12H2,1H3,(H,22,24,26). The summed E-state index contributed by atoms with van der Waals surface area (Å²) in [6.45, 7) is 2.47. The highest BCUT2D eigenvalue weighted by Crippen LogP contribution is 2.29. The zero-order chi connectivity index (χ0) is 20.1. The fourth-order valence-corrected chi connectivity index (χ4v) is 3.74. The summed E-state index contributed by atoms with van der Waals surface area (Å²) in [6.07, 6.45) is 4.23. The van der Waals surface area contributed by atoms with Crippen LogP contribution in [0, 0.1) is 0 Å². The van der Waals surface area contributed by atoms with E-state index in [1.54, 1.807) is 37.0 Å². The number of pyridine rings is 1. The van der Waals surface area contributed by atoms with Crippen molar-refractivity contribution in [3.05, 3.63) is 58.7 Å². The SMILES string of the molecule is COc1cc(C(=O)Nc2ccc(N3CCCC3)cn2)ccc1OCc1cscn1. The molecule has 3 aromatic rings. The van der Waals surface area contributed by atoms with Gasteiger partial charge in [-0.05, 0) is 43.2 Å². The van der Waals surface area contributed by atoms with Crippen LogP contribution in [0.2, 0.25) is 0 Å². The van der Waals surface area contributed by atoms with E-state index in [2.05, 4.69) is 20.2 Å². The molecule has 1 amide bonds. The maximum absolute atomic E-state index is 12.6. The highest BCUT2D eigenvalue weighted by molar-refractivity contribution is 7.07. The molecular weight excluding hydrogens is 388 g/mol. The molecule has 150 valence electrons. The van der Waals surface area contributed by atoms with Gasteiger partial charge in [-0.3, -0.25) is 4.79 Å². The Morgan fingerprint density at radius 1 is 1.17 bits per heavy atom. The smallest absolute Gasteiger partial charge is 0.256 e. The minimum absolute atomic E-state index is 0.254. The summed E-state index contributed by atoms with van der Waals surface area (Å²) >= 11 is 1.52.